The Morgan fingerprint density at radius 3 is 2.46 bits per heavy atom. The maximum atomic E-state index is 12.7. The Bertz CT molecular complexity index is 671. The second-order valence-electron chi connectivity index (χ2n) is 7.26. The first-order valence-electron chi connectivity index (χ1n) is 9.50. The van der Waals surface area contributed by atoms with Crippen molar-refractivity contribution in [3.63, 3.8) is 0 Å². The Kier molecular flexibility index (Phi) is 4.95. The summed E-state index contributed by atoms with van der Waals surface area (Å²) in [7, 11) is 0. The summed E-state index contributed by atoms with van der Waals surface area (Å²) >= 11 is 0. The first kappa shape index (κ1) is 17.1. The molecule has 0 aliphatic carbocycles. The van der Waals surface area contributed by atoms with Crippen molar-refractivity contribution in [2.24, 2.45) is 11.8 Å². The molecule has 26 heavy (non-hydrogen) atoms. The van der Waals surface area contributed by atoms with E-state index in [4.69, 9.17) is 9.47 Å². The third-order valence-corrected chi connectivity index (χ3v) is 5.72. The molecule has 2 fully saturated rings. The highest BCUT2D eigenvalue weighted by atomic mass is 16.6. The van der Waals surface area contributed by atoms with Gasteiger partial charge in [-0.1, -0.05) is 0 Å². The zero-order valence-electron chi connectivity index (χ0n) is 15.3. The van der Waals surface area contributed by atoms with Crippen molar-refractivity contribution in [2.45, 2.75) is 26.2 Å². The molecule has 7 heteroatoms. The third-order valence-electron chi connectivity index (χ3n) is 5.72. The number of ether oxygens (including phenoxy) is 2. The largest absolute Gasteiger partial charge is 0.491 e. The monoisotopic (exact) mass is 358 g/mol. The number of rotatable bonds is 3. The molecule has 4 heterocycles. The lowest BCUT2D eigenvalue weighted by atomic mass is 9.84. The summed E-state index contributed by atoms with van der Waals surface area (Å²) in [4.78, 5) is 25.6. The van der Waals surface area contributed by atoms with Crippen LogP contribution in [0.2, 0.25) is 0 Å². The lowest BCUT2D eigenvalue weighted by Crippen LogP contribution is -2.38. The van der Waals surface area contributed by atoms with Gasteiger partial charge in [0.15, 0.2) is 0 Å². The maximum Gasteiger partial charge on any atom is 0.292 e. The van der Waals surface area contributed by atoms with Crippen LogP contribution in [-0.2, 0) is 14.3 Å². The molecule has 3 aliphatic heterocycles. The van der Waals surface area contributed by atoms with Crippen molar-refractivity contribution in [1.82, 2.24) is 14.9 Å². The Labute approximate surface area is 154 Å². The van der Waals surface area contributed by atoms with Crippen molar-refractivity contribution in [2.75, 3.05) is 44.3 Å². The molecule has 140 valence electrons. The minimum absolute atomic E-state index is 0.0141. The second-order valence-corrected chi connectivity index (χ2v) is 7.26. The maximum absolute atomic E-state index is 12.7. The van der Waals surface area contributed by atoms with Crippen molar-refractivity contribution >= 4 is 11.9 Å². The molecule has 1 aromatic rings. The average Bonchev–Trinajstić information content (AvgIpc) is 3.19. The summed E-state index contributed by atoms with van der Waals surface area (Å²) in [6.07, 6.45) is 6.93. The van der Waals surface area contributed by atoms with Gasteiger partial charge in [-0.2, -0.15) is 0 Å². The SMILES string of the molecule is CC1=C(C(=O)N2CC[C@H](C3CCN(c4ncccn4)CC3)C2)OCCO1. The lowest BCUT2D eigenvalue weighted by molar-refractivity contribution is -0.131. The third kappa shape index (κ3) is 3.48. The highest BCUT2D eigenvalue weighted by Gasteiger charge is 2.36. The van der Waals surface area contributed by atoms with E-state index in [9.17, 15) is 4.79 Å². The Hall–Kier alpha value is -2.31. The van der Waals surface area contributed by atoms with Crippen LogP contribution in [0.5, 0.6) is 0 Å². The predicted octanol–water partition coefficient (Wildman–Crippen LogP) is 1.82. The van der Waals surface area contributed by atoms with Crippen molar-refractivity contribution < 1.29 is 14.3 Å². The average molecular weight is 358 g/mol. The van der Waals surface area contributed by atoms with Gasteiger partial charge in [0, 0.05) is 38.6 Å². The summed E-state index contributed by atoms with van der Waals surface area (Å²) in [5.41, 5.74) is 0. The summed E-state index contributed by atoms with van der Waals surface area (Å²) in [6, 6.07) is 1.85. The lowest BCUT2D eigenvalue weighted by Gasteiger charge is -2.34. The highest BCUT2D eigenvalue weighted by molar-refractivity contribution is 5.92. The number of allylic oxidation sites excluding steroid dienone is 1. The van der Waals surface area contributed by atoms with Crippen molar-refractivity contribution in [3.05, 3.63) is 30.0 Å². The summed E-state index contributed by atoms with van der Waals surface area (Å²) < 4.78 is 11.0. The molecular weight excluding hydrogens is 332 g/mol. The number of hydrogen-bond acceptors (Lipinski definition) is 6. The zero-order chi connectivity index (χ0) is 17.9. The molecule has 2 saturated heterocycles. The highest BCUT2D eigenvalue weighted by Crippen LogP contribution is 2.33. The fourth-order valence-electron chi connectivity index (χ4n) is 4.24. The van der Waals surface area contributed by atoms with Crippen LogP contribution in [0.25, 0.3) is 0 Å². The standard InChI is InChI=1S/C19H26N4O3/c1-14-17(26-12-11-25-14)18(24)23-10-5-16(13-23)15-3-8-22(9-4-15)19-20-6-2-7-21-19/h2,6-7,15-16H,3-5,8-13H2,1H3/t16-/m0/s1. The van der Waals surface area contributed by atoms with Gasteiger partial charge in [0.05, 0.1) is 0 Å². The number of aromatic nitrogens is 2. The van der Waals surface area contributed by atoms with Crippen LogP contribution >= 0.6 is 0 Å². The number of likely N-dealkylation sites (tertiary alicyclic amines) is 1. The van der Waals surface area contributed by atoms with E-state index in [0.29, 0.717) is 36.6 Å². The molecule has 0 spiro atoms. The van der Waals surface area contributed by atoms with E-state index in [1.54, 1.807) is 19.3 Å². The van der Waals surface area contributed by atoms with Crippen LogP contribution in [-0.4, -0.2) is 60.2 Å². The van der Waals surface area contributed by atoms with E-state index in [-0.39, 0.29) is 5.91 Å². The van der Waals surface area contributed by atoms with E-state index in [1.807, 2.05) is 11.0 Å². The number of carbonyl (C=O) groups is 1. The van der Waals surface area contributed by atoms with Crippen LogP contribution in [0, 0.1) is 11.8 Å². The molecule has 0 bridgehead atoms. The second kappa shape index (κ2) is 7.51. The Morgan fingerprint density at radius 1 is 1.04 bits per heavy atom. The van der Waals surface area contributed by atoms with Crippen LogP contribution in [0.15, 0.2) is 30.0 Å². The molecule has 0 aromatic carbocycles. The Morgan fingerprint density at radius 2 is 1.73 bits per heavy atom. The molecular formula is C19H26N4O3. The molecule has 4 rings (SSSR count). The van der Waals surface area contributed by atoms with Gasteiger partial charge in [-0.3, -0.25) is 4.79 Å². The van der Waals surface area contributed by atoms with Gasteiger partial charge in [-0.05, 0) is 44.1 Å². The van der Waals surface area contributed by atoms with Crippen molar-refractivity contribution in [1.29, 1.82) is 0 Å². The van der Waals surface area contributed by atoms with E-state index in [1.165, 1.54) is 0 Å². The van der Waals surface area contributed by atoms with Crippen LogP contribution in [0.4, 0.5) is 5.95 Å². The first-order chi connectivity index (χ1) is 12.7. The first-order valence-corrected chi connectivity index (χ1v) is 9.50. The van der Waals surface area contributed by atoms with Gasteiger partial charge in [-0.25, -0.2) is 9.97 Å². The normalized spacial score (nSPS) is 24.4. The molecule has 7 nitrogen and oxygen atoms in total. The molecule has 3 aliphatic rings. The fraction of sp³-hybridized carbons (Fsp3) is 0.632. The van der Waals surface area contributed by atoms with Gasteiger partial charge in [0.25, 0.3) is 5.91 Å². The van der Waals surface area contributed by atoms with Gasteiger partial charge < -0.3 is 19.3 Å². The minimum Gasteiger partial charge on any atom is -0.491 e. The molecule has 0 radical (unpaired) electrons. The molecule has 1 atom stereocenters. The van der Waals surface area contributed by atoms with Gasteiger partial charge in [0.1, 0.15) is 19.0 Å². The number of amides is 1. The molecule has 0 saturated carbocycles. The Balaban J connectivity index is 1.31. The van der Waals surface area contributed by atoms with E-state index < -0.39 is 0 Å². The predicted molar refractivity (Wildman–Crippen MR) is 96.3 cm³/mol. The molecule has 1 amide bonds. The smallest absolute Gasteiger partial charge is 0.292 e. The number of nitrogens with zero attached hydrogens (tertiary/aromatic N) is 4. The van der Waals surface area contributed by atoms with E-state index in [2.05, 4.69) is 14.9 Å². The fourth-order valence-corrected chi connectivity index (χ4v) is 4.24. The van der Waals surface area contributed by atoms with E-state index >= 15 is 0 Å². The number of hydrogen-bond donors (Lipinski definition) is 0. The number of carbonyl (C=O) groups excluding carboxylic acids is 1. The van der Waals surface area contributed by atoms with E-state index in [0.717, 1.165) is 51.4 Å². The van der Waals surface area contributed by atoms with Crippen LogP contribution < -0.4 is 4.90 Å². The van der Waals surface area contributed by atoms with Gasteiger partial charge >= 0.3 is 0 Å². The quantitative estimate of drug-likeness (QED) is 0.821. The van der Waals surface area contributed by atoms with Crippen LogP contribution in [0.1, 0.15) is 26.2 Å². The minimum atomic E-state index is -0.0141. The van der Waals surface area contributed by atoms with Gasteiger partial charge in [0.2, 0.25) is 11.7 Å². The summed E-state index contributed by atoms with van der Waals surface area (Å²) in [5, 5.41) is 0. The molecule has 1 aromatic heterocycles. The molecule has 0 N–H and O–H groups in total. The number of piperidine rings is 1. The summed E-state index contributed by atoms with van der Waals surface area (Å²) in [6.45, 7) is 6.39. The topological polar surface area (TPSA) is 67.8 Å². The van der Waals surface area contributed by atoms with Gasteiger partial charge in [-0.15, -0.1) is 0 Å². The van der Waals surface area contributed by atoms with Crippen molar-refractivity contribution in [3.8, 4) is 0 Å². The zero-order valence-corrected chi connectivity index (χ0v) is 15.3. The number of anilines is 1. The van der Waals surface area contributed by atoms with Crippen LogP contribution in [0.3, 0.4) is 0 Å². The molecule has 0 unspecified atom stereocenters. The summed E-state index contributed by atoms with van der Waals surface area (Å²) in [5.74, 6) is 3.05.